The van der Waals surface area contributed by atoms with E-state index in [0.29, 0.717) is 18.6 Å². The van der Waals surface area contributed by atoms with Crippen molar-refractivity contribution >= 4 is 11.8 Å². The summed E-state index contributed by atoms with van der Waals surface area (Å²) in [6, 6.07) is 18.4. The average molecular weight is 383 g/mol. The minimum atomic E-state index is -0.782. The van der Waals surface area contributed by atoms with E-state index in [0.717, 1.165) is 36.8 Å². The molecule has 0 heterocycles. The maximum Gasteiger partial charge on any atom is 0.303 e. The van der Waals surface area contributed by atoms with Crippen molar-refractivity contribution < 1.29 is 14.7 Å². The molecule has 1 unspecified atom stereocenters. The van der Waals surface area contributed by atoms with Gasteiger partial charge in [0.2, 0.25) is 0 Å². The second kappa shape index (κ2) is 13.7. The highest BCUT2D eigenvalue weighted by Crippen LogP contribution is 2.20. The molecule has 2 aromatic carbocycles. The third-order valence-corrected chi connectivity index (χ3v) is 4.77. The smallest absolute Gasteiger partial charge is 0.303 e. The van der Waals surface area contributed by atoms with Crippen molar-refractivity contribution in [1.82, 2.24) is 0 Å². The fourth-order valence-electron chi connectivity index (χ4n) is 3.31. The highest BCUT2D eigenvalue weighted by Gasteiger charge is 2.17. The zero-order chi connectivity index (χ0) is 20.8. The zero-order valence-electron chi connectivity index (χ0n) is 17.5. The standard InChI is InChI=1S/C23H28O3.C2H6/c1-2-22(24)21(13-7-10-18-8-4-3-5-9-18)17-20-12-6-11-19(16-20)14-15-23(25)26;1-2/h3-6,8-9,11-12,16,21H,2,7,10,13-15,17H2,1H3,(H,25,26);1-2H3. The lowest BCUT2D eigenvalue weighted by Crippen LogP contribution is -2.17. The minimum Gasteiger partial charge on any atom is -0.481 e. The van der Waals surface area contributed by atoms with Crippen molar-refractivity contribution in [3.8, 4) is 0 Å². The highest BCUT2D eigenvalue weighted by molar-refractivity contribution is 5.81. The van der Waals surface area contributed by atoms with Crippen molar-refractivity contribution in [3.63, 3.8) is 0 Å². The lowest BCUT2D eigenvalue weighted by Gasteiger charge is -2.16. The number of ketones is 1. The average Bonchev–Trinajstić information content (AvgIpc) is 2.73. The summed E-state index contributed by atoms with van der Waals surface area (Å²) >= 11 is 0. The van der Waals surface area contributed by atoms with Gasteiger partial charge in [0, 0.05) is 18.8 Å². The Hall–Kier alpha value is -2.42. The van der Waals surface area contributed by atoms with Crippen LogP contribution in [0.2, 0.25) is 0 Å². The summed E-state index contributed by atoms with van der Waals surface area (Å²) in [6.45, 7) is 5.93. The van der Waals surface area contributed by atoms with Crippen LogP contribution in [-0.2, 0) is 28.9 Å². The van der Waals surface area contributed by atoms with Crippen molar-refractivity contribution in [2.75, 3.05) is 0 Å². The first kappa shape index (κ1) is 23.6. The molecule has 0 amide bonds. The molecule has 3 nitrogen and oxygen atoms in total. The van der Waals surface area contributed by atoms with Crippen LogP contribution in [0.3, 0.4) is 0 Å². The summed E-state index contributed by atoms with van der Waals surface area (Å²) in [5, 5.41) is 8.84. The Morgan fingerprint density at radius 1 is 0.893 bits per heavy atom. The van der Waals surface area contributed by atoms with Gasteiger partial charge in [-0.3, -0.25) is 9.59 Å². The molecule has 0 radical (unpaired) electrons. The van der Waals surface area contributed by atoms with E-state index in [-0.39, 0.29) is 12.3 Å². The molecule has 28 heavy (non-hydrogen) atoms. The number of Topliss-reactive ketones (excluding diaryl/α,β-unsaturated/α-hetero) is 1. The van der Waals surface area contributed by atoms with Crippen molar-refractivity contribution in [3.05, 3.63) is 71.3 Å². The lowest BCUT2D eigenvalue weighted by molar-refractivity contribution is -0.137. The molecule has 0 aliphatic heterocycles. The van der Waals surface area contributed by atoms with Gasteiger partial charge in [-0.1, -0.05) is 75.4 Å². The maximum absolute atomic E-state index is 12.4. The largest absolute Gasteiger partial charge is 0.481 e. The van der Waals surface area contributed by atoms with Crippen molar-refractivity contribution in [2.24, 2.45) is 5.92 Å². The van der Waals surface area contributed by atoms with Gasteiger partial charge in [-0.25, -0.2) is 0 Å². The molecular weight excluding hydrogens is 348 g/mol. The Morgan fingerprint density at radius 3 is 2.18 bits per heavy atom. The zero-order valence-corrected chi connectivity index (χ0v) is 17.5. The topological polar surface area (TPSA) is 54.4 Å². The monoisotopic (exact) mass is 382 g/mol. The number of aliphatic carboxylic acids is 1. The number of carbonyl (C=O) groups excluding carboxylic acids is 1. The van der Waals surface area contributed by atoms with E-state index >= 15 is 0 Å². The molecule has 0 aliphatic rings. The number of carbonyl (C=O) groups is 2. The Balaban J connectivity index is 0.00000190. The van der Waals surface area contributed by atoms with Crippen LogP contribution < -0.4 is 0 Å². The Kier molecular flexibility index (Phi) is 11.6. The van der Waals surface area contributed by atoms with Gasteiger partial charge in [-0.15, -0.1) is 0 Å². The molecule has 2 rings (SSSR count). The van der Waals surface area contributed by atoms with E-state index in [9.17, 15) is 9.59 Å². The number of carboxylic acids is 1. The number of carboxylic acid groups (broad SMARTS) is 1. The minimum absolute atomic E-state index is 0.0402. The summed E-state index contributed by atoms with van der Waals surface area (Å²) in [7, 11) is 0. The van der Waals surface area contributed by atoms with Gasteiger partial charge in [-0.05, 0) is 48.8 Å². The lowest BCUT2D eigenvalue weighted by atomic mass is 9.88. The first-order valence-corrected chi connectivity index (χ1v) is 10.4. The van der Waals surface area contributed by atoms with E-state index in [1.54, 1.807) is 0 Å². The quantitative estimate of drug-likeness (QED) is 0.527. The van der Waals surface area contributed by atoms with Crippen LogP contribution >= 0.6 is 0 Å². The van der Waals surface area contributed by atoms with Crippen molar-refractivity contribution in [1.29, 1.82) is 0 Å². The summed E-state index contributed by atoms with van der Waals surface area (Å²) in [4.78, 5) is 23.1. The molecule has 0 fully saturated rings. The van der Waals surface area contributed by atoms with Crippen LogP contribution in [0.1, 0.15) is 63.1 Å². The molecular formula is C25H34O3. The van der Waals surface area contributed by atoms with Gasteiger partial charge in [0.1, 0.15) is 5.78 Å². The molecule has 152 valence electrons. The van der Waals surface area contributed by atoms with E-state index in [1.807, 2.05) is 57.2 Å². The SMILES string of the molecule is CC.CCC(=O)C(CCCc1ccccc1)Cc1cccc(CCC(=O)O)c1. The van der Waals surface area contributed by atoms with Gasteiger partial charge in [0.15, 0.2) is 0 Å². The molecule has 0 spiro atoms. The van der Waals surface area contributed by atoms with Gasteiger partial charge >= 0.3 is 5.97 Å². The van der Waals surface area contributed by atoms with Crippen LogP contribution in [0.4, 0.5) is 0 Å². The Morgan fingerprint density at radius 2 is 1.54 bits per heavy atom. The predicted octanol–water partition coefficient (Wildman–Crippen LogP) is 5.89. The van der Waals surface area contributed by atoms with Gasteiger partial charge in [0.25, 0.3) is 0 Å². The molecule has 0 saturated carbocycles. The second-order valence-electron chi connectivity index (χ2n) is 6.81. The normalized spacial score (nSPS) is 11.2. The second-order valence-corrected chi connectivity index (χ2v) is 6.81. The van der Waals surface area contributed by atoms with Gasteiger partial charge in [-0.2, -0.15) is 0 Å². The van der Waals surface area contributed by atoms with Crippen LogP contribution in [0.5, 0.6) is 0 Å². The summed E-state index contributed by atoms with van der Waals surface area (Å²) < 4.78 is 0. The molecule has 3 heteroatoms. The molecule has 1 N–H and O–H groups in total. The number of hydrogen-bond donors (Lipinski definition) is 1. The first-order chi connectivity index (χ1) is 13.6. The van der Waals surface area contributed by atoms with Crippen LogP contribution in [0, 0.1) is 5.92 Å². The Bertz CT molecular complexity index is 707. The fraction of sp³-hybridized carbons (Fsp3) is 0.440. The van der Waals surface area contributed by atoms with E-state index < -0.39 is 5.97 Å². The van der Waals surface area contributed by atoms with Crippen LogP contribution in [0.25, 0.3) is 0 Å². The predicted molar refractivity (Wildman–Crippen MR) is 116 cm³/mol. The molecule has 1 atom stereocenters. The van der Waals surface area contributed by atoms with Crippen molar-refractivity contribution in [2.45, 2.75) is 65.7 Å². The number of hydrogen-bond acceptors (Lipinski definition) is 2. The number of aryl methyl sites for hydroxylation is 2. The van der Waals surface area contributed by atoms with E-state index in [4.69, 9.17) is 5.11 Å². The molecule has 0 saturated heterocycles. The highest BCUT2D eigenvalue weighted by atomic mass is 16.4. The summed E-state index contributed by atoms with van der Waals surface area (Å²) in [6.07, 6.45) is 4.85. The molecule has 0 aliphatic carbocycles. The first-order valence-electron chi connectivity index (χ1n) is 10.4. The van der Waals surface area contributed by atoms with E-state index in [2.05, 4.69) is 18.2 Å². The number of benzene rings is 2. The third-order valence-electron chi connectivity index (χ3n) is 4.77. The van der Waals surface area contributed by atoms with Crippen LogP contribution in [-0.4, -0.2) is 16.9 Å². The molecule has 0 bridgehead atoms. The number of rotatable bonds is 11. The fourth-order valence-corrected chi connectivity index (χ4v) is 3.31. The Labute approximate surface area is 169 Å². The maximum atomic E-state index is 12.4. The third kappa shape index (κ3) is 8.98. The van der Waals surface area contributed by atoms with Crippen LogP contribution in [0.15, 0.2) is 54.6 Å². The van der Waals surface area contributed by atoms with Gasteiger partial charge < -0.3 is 5.11 Å². The summed E-state index contributed by atoms with van der Waals surface area (Å²) in [5.74, 6) is -0.428. The van der Waals surface area contributed by atoms with E-state index in [1.165, 1.54) is 5.56 Å². The molecule has 2 aromatic rings. The molecule has 0 aromatic heterocycles. The van der Waals surface area contributed by atoms with Gasteiger partial charge in [0.05, 0.1) is 0 Å². The summed E-state index contributed by atoms with van der Waals surface area (Å²) in [5.41, 5.74) is 3.46.